The Balaban J connectivity index is 1.00. The Morgan fingerprint density at radius 2 is 1.21 bits per heavy atom. The zero-order valence-corrected chi connectivity index (χ0v) is 24.8. The highest BCUT2D eigenvalue weighted by Crippen LogP contribution is 2.30. The van der Waals surface area contributed by atoms with Gasteiger partial charge in [0.2, 0.25) is 0 Å². The summed E-state index contributed by atoms with van der Waals surface area (Å²) in [6.45, 7) is 1.15. The Morgan fingerprint density at radius 1 is 0.651 bits per heavy atom. The fourth-order valence-corrected chi connectivity index (χ4v) is 5.23. The van der Waals surface area contributed by atoms with Crippen LogP contribution in [0.3, 0.4) is 0 Å². The minimum absolute atomic E-state index is 0.283. The first-order chi connectivity index (χ1) is 21.0. The number of ether oxygens (including phenoxy) is 2. The van der Waals surface area contributed by atoms with Gasteiger partial charge < -0.3 is 19.7 Å². The van der Waals surface area contributed by atoms with E-state index < -0.39 is 17.5 Å². The number of hydrogen-bond acceptors (Lipinski definition) is 4. The second-order valence-corrected chi connectivity index (χ2v) is 11.0. The molecule has 1 aliphatic carbocycles. The number of aliphatic carboxylic acids is 1. The fraction of sp³-hybridized carbons (Fsp3) is 0.351. The molecule has 0 aromatic heterocycles. The van der Waals surface area contributed by atoms with E-state index in [9.17, 15) is 14.7 Å². The van der Waals surface area contributed by atoms with Crippen molar-refractivity contribution in [2.24, 2.45) is 0 Å². The van der Waals surface area contributed by atoms with Crippen molar-refractivity contribution in [2.75, 3.05) is 13.2 Å². The first kappa shape index (κ1) is 31.8. The Labute approximate surface area is 254 Å². The molecule has 6 heteroatoms. The first-order valence-corrected chi connectivity index (χ1v) is 15.4. The van der Waals surface area contributed by atoms with Crippen LogP contribution in [0.25, 0.3) is 16.7 Å². The van der Waals surface area contributed by atoms with Crippen molar-refractivity contribution in [1.29, 1.82) is 0 Å². The van der Waals surface area contributed by atoms with Crippen LogP contribution in [0.1, 0.15) is 80.1 Å². The molecular formula is C37H42O6. The van der Waals surface area contributed by atoms with Crippen LogP contribution < -0.4 is 4.74 Å². The van der Waals surface area contributed by atoms with E-state index in [1.807, 2.05) is 78.9 Å². The number of hydrogen-bond donors (Lipinski definition) is 2. The predicted molar refractivity (Wildman–Crippen MR) is 170 cm³/mol. The maximum absolute atomic E-state index is 12.0. The molecule has 0 radical (unpaired) electrons. The molecule has 0 fully saturated rings. The Kier molecular flexibility index (Phi) is 12.2. The predicted octanol–water partition coefficient (Wildman–Crippen LogP) is 8.83. The summed E-state index contributed by atoms with van der Waals surface area (Å²) in [7, 11) is 0. The van der Waals surface area contributed by atoms with Crippen molar-refractivity contribution in [3.63, 3.8) is 0 Å². The van der Waals surface area contributed by atoms with E-state index in [0.29, 0.717) is 19.6 Å². The SMILES string of the molecule is O=C(O)c1ccc(-c2ccc(OCCCCCCCCCCCOC3(C(=O)O)C=CC(c4ccccc4)=CC3)cc2)cc1. The lowest BCUT2D eigenvalue weighted by Gasteiger charge is -2.28. The molecule has 43 heavy (non-hydrogen) atoms. The third kappa shape index (κ3) is 9.69. The zero-order chi connectivity index (χ0) is 30.3. The number of carboxylic acids is 2. The molecular weight excluding hydrogens is 540 g/mol. The summed E-state index contributed by atoms with van der Waals surface area (Å²) in [5, 5.41) is 18.9. The summed E-state index contributed by atoms with van der Waals surface area (Å²) in [6.07, 6.45) is 15.9. The highest BCUT2D eigenvalue weighted by Gasteiger charge is 2.37. The van der Waals surface area contributed by atoms with Crippen LogP contribution in [0.4, 0.5) is 0 Å². The number of benzene rings is 3. The zero-order valence-electron chi connectivity index (χ0n) is 24.8. The standard InChI is InChI=1S/C37H42O6/c38-35(39)33-17-15-30(16-18-33)31-19-21-34(22-20-31)42-27-11-6-4-2-1-3-5-7-12-28-43-37(36(40)41)25-23-32(24-26-37)29-13-9-8-10-14-29/h8-10,13-25H,1-7,11-12,26-28H2,(H,38,39)(H,40,41). The molecule has 226 valence electrons. The van der Waals surface area contributed by atoms with Gasteiger partial charge in [0.05, 0.1) is 12.2 Å². The van der Waals surface area contributed by atoms with Crippen LogP contribution in [0.2, 0.25) is 0 Å². The molecule has 3 aromatic rings. The molecule has 1 aliphatic rings. The number of aromatic carboxylic acids is 1. The molecule has 0 amide bonds. The van der Waals surface area contributed by atoms with Crippen LogP contribution in [0, 0.1) is 0 Å². The summed E-state index contributed by atoms with van der Waals surface area (Å²) >= 11 is 0. The van der Waals surface area contributed by atoms with Gasteiger partial charge >= 0.3 is 11.9 Å². The van der Waals surface area contributed by atoms with Crippen LogP contribution in [-0.4, -0.2) is 41.0 Å². The van der Waals surface area contributed by atoms with Crippen molar-refractivity contribution in [1.82, 2.24) is 0 Å². The molecule has 1 unspecified atom stereocenters. The lowest BCUT2D eigenvalue weighted by atomic mass is 9.89. The molecule has 0 spiro atoms. The fourth-order valence-electron chi connectivity index (χ4n) is 5.23. The van der Waals surface area contributed by atoms with Crippen LogP contribution in [0.15, 0.2) is 97.1 Å². The van der Waals surface area contributed by atoms with Gasteiger partial charge in [-0.25, -0.2) is 9.59 Å². The van der Waals surface area contributed by atoms with Crippen molar-refractivity contribution >= 4 is 17.5 Å². The molecule has 3 aromatic carbocycles. The van der Waals surface area contributed by atoms with E-state index in [1.54, 1.807) is 18.2 Å². The Bertz CT molecular complexity index is 1360. The maximum Gasteiger partial charge on any atom is 0.340 e. The minimum atomic E-state index is -1.26. The van der Waals surface area contributed by atoms with Crippen LogP contribution in [-0.2, 0) is 9.53 Å². The largest absolute Gasteiger partial charge is 0.494 e. The highest BCUT2D eigenvalue weighted by atomic mass is 16.5. The normalized spacial score (nSPS) is 16.0. The summed E-state index contributed by atoms with van der Waals surface area (Å²) in [5.41, 5.74) is 3.14. The lowest BCUT2D eigenvalue weighted by Crippen LogP contribution is -2.40. The molecule has 1 atom stereocenters. The third-order valence-corrected chi connectivity index (χ3v) is 7.86. The maximum atomic E-state index is 12.0. The van der Waals surface area contributed by atoms with Gasteiger partial charge in [-0.15, -0.1) is 0 Å². The summed E-state index contributed by atoms with van der Waals surface area (Å²) in [6, 6.07) is 24.7. The van der Waals surface area contributed by atoms with Gasteiger partial charge in [0.15, 0.2) is 5.60 Å². The van der Waals surface area contributed by atoms with Gasteiger partial charge in [-0.3, -0.25) is 0 Å². The summed E-state index contributed by atoms with van der Waals surface area (Å²) in [5.74, 6) is -1.01. The lowest BCUT2D eigenvalue weighted by molar-refractivity contribution is -0.159. The van der Waals surface area contributed by atoms with Crippen LogP contribution >= 0.6 is 0 Å². The number of carboxylic acid groups (broad SMARTS) is 2. The Hall–Kier alpha value is -4.16. The molecule has 0 heterocycles. The number of allylic oxidation sites excluding steroid dienone is 2. The molecule has 0 saturated heterocycles. The quantitative estimate of drug-likeness (QED) is 0.146. The Morgan fingerprint density at radius 3 is 1.74 bits per heavy atom. The molecule has 0 saturated carbocycles. The van der Waals surface area contributed by atoms with Gasteiger partial charge in [-0.05, 0) is 65.4 Å². The molecule has 4 rings (SSSR count). The molecule has 2 N–H and O–H groups in total. The second-order valence-electron chi connectivity index (χ2n) is 11.0. The van der Waals surface area contributed by atoms with Gasteiger partial charge in [0.25, 0.3) is 0 Å². The second kappa shape index (κ2) is 16.5. The number of unbranched alkanes of at least 4 members (excludes halogenated alkanes) is 8. The minimum Gasteiger partial charge on any atom is -0.494 e. The van der Waals surface area contributed by atoms with E-state index in [1.165, 1.54) is 25.7 Å². The van der Waals surface area contributed by atoms with Crippen LogP contribution in [0.5, 0.6) is 5.75 Å². The van der Waals surface area contributed by atoms with Crippen molar-refractivity contribution < 1.29 is 29.3 Å². The molecule has 6 nitrogen and oxygen atoms in total. The topological polar surface area (TPSA) is 93.1 Å². The van der Waals surface area contributed by atoms with Gasteiger partial charge in [0.1, 0.15) is 5.75 Å². The van der Waals surface area contributed by atoms with E-state index >= 15 is 0 Å². The average molecular weight is 583 g/mol. The summed E-state index contributed by atoms with van der Waals surface area (Å²) in [4.78, 5) is 23.0. The van der Waals surface area contributed by atoms with E-state index in [2.05, 4.69) is 0 Å². The summed E-state index contributed by atoms with van der Waals surface area (Å²) < 4.78 is 11.8. The van der Waals surface area contributed by atoms with Crippen molar-refractivity contribution in [3.8, 4) is 16.9 Å². The smallest absolute Gasteiger partial charge is 0.340 e. The third-order valence-electron chi connectivity index (χ3n) is 7.86. The van der Waals surface area contributed by atoms with E-state index in [0.717, 1.165) is 60.1 Å². The monoisotopic (exact) mass is 582 g/mol. The van der Waals surface area contributed by atoms with E-state index in [4.69, 9.17) is 14.6 Å². The molecule has 0 aliphatic heterocycles. The average Bonchev–Trinajstić information content (AvgIpc) is 3.04. The number of rotatable bonds is 18. The van der Waals surface area contributed by atoms with Crippen molar-refractivity contribution in [3.05, 3.63) is 108 Å². The van der Waals surface area contributed by atoms with Gasteiger partial charge in [-0.1, -0.05) is 112 Å². The van der Waals surface area contributed by atoms with Crippen molar-refractivity contribution in [2.45, 2.75) is 69.8 Å². The van der Waals surface area contributed by atoms with E-state index in [-0.39, 0.29) is 5.56 Å². The number of carbonyl (C=O) groups is 2. The first-order valence-electron chi connectivity index (χ1n) is 15.4. The highest BCUT2D eigenvalue weighted by molar-refractivity contribution is 5.88. The van der Waals surface area contributed by atoms with Gasteiger partial charge in [0, 0.05) is 13.0 Å². The van der Waals surface area contributed by atoms with Gasteiger partial charge in [-0.2, -0.15) is 0 Å². The molecule has 0 bridgehead atoms.